The average molecular weight is 1970 g/mol. The first-order valence-corrected chi connectivity index (χ1v) is 60.9. The molecular formula is C126H194N6O11. The number of nitrogens with zero attached hydrogens (tertiary/aromatic N) is 4. The monoisotopic (exact) mass is 1970 g/mol. The lowest BCUT2D eigenvalue weighted by molar-refractivity contribution is -0.148. The van der Waals surface area contributed by atoms with Crippen molar-refractivity contribution in [1.29, 1.82) is 0 Å². The van der Waals surface area contributed by atoms with Gasteiger partial charge in [0.1, 0.15) is 0 Å². The molecule has 143 heavy (non-hydrogen) atoms. The summed E-state index contributed by atoms with van der Waals surface area (Å²) in [6.45, 7) is 53.5. The number of carbonyl (C=O) groups is 4. The Bertz CT molecular complexity index is 5160. The molecule has 2 amide bonds. The van der Waals surface area contributed by atoms with Gasteiger partial charge in [-0.25, -0.2) is 0 Å². The van der Waals surface area contributed by atoms with Crippen LogP contribution in [0.4, 0.5) is 0 Å². The SMILES string of the molecule is CCC(=O)NCC(=O)NCCN1C[C@@H](C)C[C@H]2O[C@]3(CC[C@H]4[C@@H]5CCC6=C[C@@H](O)CC[C@]6(C)[C@H]5CC45CC53C)[C@H](C)[C@@H]21.CCCOCCN1C[C@@H](C)C[C@H]2O[C@]3(CC[C@H]4[C@@H]5CCC6=CC(=O)CC[C@]6(C)[C@H]5CC45CC53C)[C@H](C)[C@@H]21.C[C@H]1C[C@H]2O[C@]3(CC[C@H]4[C@@H]5CCC6=CC(=O)CC[C@]6(C)[C@H]5CC45CC53C)[C@H](C)[C@@H]2N(C)C1.C[C@H]1C[C@H]2O[C@]3(CC[C@H]4[C@@H]5CCC6=C[C@@H](O)CC[C@]6(C)[C@H]5CC45CC53C)[C@H](C)[C@@H]2N(C)C1. The highest BCUT2D eigenvalue weighted by atomic mass is 16.5. The average Bonchev–Trinajstić information content (AvgIpc) is 1.47. The third-order valence-electron chi connectivity index (χ3n) is 54.3. The maximum absolute atomic E-state index is 12.3. The Labute approximate surface area is 862 Å². The van der Waals surface area contributed by atoms with Crippen LogP contribution >= 0.6 is 0 Å². The van der Waals surface area contributed by atoms with Crippen molar-refractivity contribution in [3.63, 3.8) is 0 Å². The number of allylic oxidation sites excluding steroid dienone is 6. The first-order chi connectivity index (χ1) is 68.0. The summed E-state index contributed by atoms with van der Waals surface area (Å²) in [5.41, 5.74) is 10.7. The summed E-state index contributed by atoms with van der Waals surface area (Å²) in [5.74, 6) is 15.8. The second-order valence-electron chi connectivity index (χ2n) is 59.5. The second-order valence-corrected chi connectivity index (χ2v) is 59.5. The van der Waals surface area contributed by atoms with Crippen molar-refractivity contribution in [2.24, 2.45) is 183 Å². The van der Waals surface area contributed by atoms with Crippen molar-refractivity contribution in [3.8, 4) is 0 Å². The molecule has 8 aliphatic heterocycles. The molecule has 8 spiro atoms. The van der Waals surface area contributed by atoms with Crippen LogP contribution < -0.4 is 10.6 Å². The summed E-state index contributed by atoms with van der Waals surface area (Å²) in [4.78, 5) is 59.1. The zero-order valence-corrected chi connectivity index (χ0v) is 92.9. The van der Waals surface area contributed by atoms with Crippen LogP contribution in [0.2, 0.25) is 0 Å². The van der Waals surface area contributed by atoms with E-state index in [1.807, 2.05) is 0 Å². The minimum absolute atomic E-state index is 0.0427. The third-order valence-corrected chi connectivity index (χ3v) is 54.3. The molecule has 28 rings (SSSR count). The van der Waals surface area contributed by atoms with Crippen LogP contribution in [0.15, 0.2) is 46.6 Å². The summed E-state index contributed by atoms with van der Waals surface area (Å²) in [6.07, 6.45) is 55.8. The number of piperidine rings is 4. The highest BCUT2D eigenvalue weighted by Crippen LogP contribution is 2.93. The Morgan fingerprint density at radius 1 is 0.385 bits per heavy atom. The van der Waals surface area contributed by atoms with E-state index < -0.39 is 0 Å². The van der Waals surface area contributed by atoms with Crippen molar-refractivity contribution < 1.29 is 53.1 Å². The number of aliphatic hydroxyl groups is 2. The highest BCUT2D eigenvalue weighted by molar-refractivity contribution is 5.92. The zero-order chi connectivity index (χ0) is 100.0. The van der Waals surface area contributed by atoms with Crippen molar-refractivity contribution in [2.45, 2.75) is 452 Å². The van der Waals surface area contributed by atoms with Crippen LogP contribution in [0.25, 0.3) is 0 Å². The number of hydrogen-bond acceptors (Lipinski definition) is 15. The zero-order valence-electron chi connectivity index (χ0n) is 92.9. The van der Waals surface area contributed by atoms with Crippen LogP contribution in [0.3, 0.4) is 0 Å². The Kier molecular flexibility index (Phi) is 24.0. The van der Waals surface area contributed by atoms with Crippen LogP contribution in [0, 0.1) is 183 Å². The molecule has 20 aliphatic carbocycles. The van der Waals surface area contributed by atoms with E-state index in [9.17, 15) is 29.4 Å². The number of carbonyl (C=O) groups excluding carboxylic acids is 4. The normalized spacial score (nSPS) is 56.6. The van der Waals surface area contributed by atoms with E-state index in [4.69, 9.17) is 23.7 Å². The first kappa shape index (κ1) is 100. The molecule has 0 aromatic rings. The van der Waals surface area contributed by atoms with Gasteiger partial charge in [0.25, 0.3) is 0 Å². The molecule has 0 bridgehead atoms. The number of ether oxygens (including phenoxy) is 5. The molecule has 794 valence electrons. The fraction of sp³-hybridized carbons (Fsp3) is 0.905. The smallest absolute Gasteiger partial charge is 0.239 e. The number of aliphatic hydroxyl groups excluding tert-OH is 2. The van der Waals surface area contributed by atoms with Crippen molar-refractivity contribution in [1.82, 2.24) is 30.2 Å². The molecule has 0 radical (unpaired) electrons. The van der Waals surface area contributed by atoms with E-state index in [0.717, 1.165) is 173 Å². The predicted octanol–water partition coefficient (Wildman–Crippen LogP) is 21.9. The number of rotatable bonds is 11. The van der Waals surface area contributed by atoms with Crippen LogP contribution in [0.1, 0.15) is 369 Å². The lowest BCUT2D eigenvalue weighted by Gasteiger charge is -2.50. The molecule has 46 atom stereocenters. The molecule has 17 heteroatoms. The van der Waals surface area contributed by atoms with Gasteiger partial charge in [-0.3, -0.25) is 29.0 Å². The van der Waals surface area contributed by atoms with Gasteiger partial charge in [-0.1, -0.05) is 159 Å². The van der Waals surface area contributed by atoms with Gasteiger partial charge in [-0.2, -0.15) is 0 Å². The summed E-state index contributed by atoms with van der Waals surface area (Å²) in [7, 11) is 4.71. The van der Waals surface area contributed by atoms with Gasteiger partial charge < -0.3 is 54.3 Å². The summed E-state index contributed by atoms with van der Waals surface area (Å²) in [6, 6.07) is 2.18. The first-order valence-electron chi connectivity index (χ1n) is 60.9. The lowest BCUT2D eigenvalue weighted by atomic mass is 9.56. The van der Waals surface area contributed by atoms with Gasteiger partial charge in [0.05, 0.1) is 72.2 Å². The molecule has 0 aromatic carbocycles. The Balaban J connectivity index is 0.000000101. The summed E-state index contributed by atoms with van der Waals surface area (Å²) >= 11 is 0. The fourth-order valence-electron chi connectivity index (χ4n) is 47.9. The van der Waals surface area contributed by atoms with Gasteiger partial charge in [0.2, 0.25) is 11.8 Å². The number of amides is 2. The molecule has 8 saturated heterocycles. The van der Waals surface area contributed by atoms with Gasteiger partial charge in [-0.15, -0.1) is 0 Å². The van der Waals surface area contributed by atoms with E-state index in [1.165, 1.54) is 211 Å². The largest absolute Gasteiger partial charge is 0.389 e. The van der Waals surface area contributed by atoms with E-state index in [2.05, 4.69) is 186 Å². The molecule has 16 saturated carbocycles. The quantitative estimate of drug-likeness (QED) is 0.113. The fourth-order valence-corrected chi connectivity index (χ4v) is 47.9. The van der Waals surface area contributed by atoms with Gasteiger partial charge in [0.15, 0.2) is 11.6 Å². The van der Waals surface area contributed by atoms with Crippen molar-refractivity contribution >= 4 is 23.4 Å². The number of likely N-dealkylation sites (N-methyl/N-ethyl adjacent to an activating group) is 2. The molecule has 24 fully saturated rings. The molecule has 8 unspecified atom stereocenters. The molecule has 28 aliphatic rings. The van der Waals surface area contributed by atoms with Crippen molar-refractivity contribution in [2.75, 3.05) is 79.7 Å². The minimum Gasteiger partial charge on any atom is -0.389 e. The number of hydrogen-bond donors (Lipinski definition) is 4. The number of fused-ring (bicyclic) bond motifs is 24. The van der Waals surface area contributed by atoms with Crippen LogP contribution in [-0.4, -0.2) is 216 Å². The Morgan fingerprint density at radius 3 is 1.07 bits per heavy atom. The van der Waals surface area contributed by atoms with Crippen LogP contribution in [-0.2, 0) is 42.9 Å². The molecule has 0 aromatic heterocycles. The highest BCUT2D eigenvalue weighted by Gasteiger charge is 2.90. The van der Waals surface area contributed by atoms with E-state index >= 15 is 0 Å². The number of ketones is 2. The molecule has 17 nitrogen and oxygen atoms in total. The molecular weight excluding hydrogens is 1770 g/mol. The maximum atomic E-state index is 12.3. The van der Waals surface area contributed by atoms with E-state index in [-0.39, 0.29) is 80.7 Å². The predicted molar refractivity (Wildman–Crippen MR) is 562 cm³/mol. The van der Waals surface area contributed by atoms with Crippen LogP contribution in [0.5, 0.6) is 0 Å². The summed E-state index contributed by atoms with van der Waals surface area (Å²) in [5, 5.41) is 26.5. The Hall–Kier alpha value is -3.20. The topological polar surface area (TPSA) is 192 Å². The number of likely N-dealkylation sites (tertiary alicyclic amines) is 4. The van der Waals surface area contributed by atoms with Gasteiger partial charge in [0, 0.05) is 141 Å². The Morgan fingerprint density at radius 2 is 0.713 bits per heavy atom. The van der Waals surface area contributed by atoms with E-state index in [1.54, 1.807) is 18.1 Å². The third kappa shape index (κ3) is 13.7. The van der Waals surface area contributed by atoms with E-state index in [0.29, 0.717) is 146 Å². The van der Waals surface area contributed by atoms with Gasteiger partial charge >= 0.3 is 0 Å². The van der Waals surface area contributed by atoms with Gasteiger partial charge in [-0.05, 0) is 389 Å². The summed E-state index contributed by atoms with van der Waals surface area (Å²) < 4.78 is 35.5. The lowest BCUT2D eigenvalue weighted by Crippen LogP contribution is -2.55. The molecule has 4 N–H and O–H groups in total. The molecule has 8 heterocycles. The van der Waals surface area contributed by atoms with Crippen molar-refractivity contribution in [3.05, 3.63) is 46.6 Å². The minimum atomic E-state index is -0.238. The number of nitrogens with one attached hydrogen (secondary N) is 2. The second kappa shape index (κ2) is 34.2. The standard InChI is InChI=1S/C35H55N3O4.C33H51NO3.C29H45NO2.C29H43NO2/c1-6-29(40)37-18-30(41)36-13-14-38-19-21(2)15-28-31(38)22(3)35(42-28)12-10-26-25-8-7-23-16-24(39)9-11-32(23,4)27(25)17-34(26)20-33(34,35)5;1-6-14-36-15-13-34-19-21(2)16-28-29(34)22(3)33(37-28)12-10-26-25-8-7-23-17-24(35)9-11-30(23,4)27(25)18-32(26)20-31(32,33)5;2*1-17-12-24-25(30(5)15-17)18(2)29(32-24)11-9-22-21-7-6-19-13-20(31)8-10-26(19,3)23(21)14-28(22)16-27(28,29)4/h16,21-22,24-28,31,39H,6-15,17-20H2,1-5H3,(H,36,41)(H,37,40);17,21-22,25-29H,6-16,18-20H2,1-5H3;13,17-18,20-25,31H,6-12,14-16H2,1-5H3;13,17-18,21-25H,6-12,14-16H2,1-5H3/t21-,22+,24-,25-,26-,27-,28+,31-,32-,33?,34?,35+;21-,22+,25-,26-,27-,28+,29-,30-,31?,32?,33+;17-,18+,20-,21-,22-,23-,24+,25-,26-,27?,28?,29+;17-,18+,21-,22-,23-,24+,25-,26-,27?,28?,29+/m0000/s1. The maximum Gasteiger partial charge on any atom is 0.239 e.